The van der Waals surface area contributed by atoms with Gasteiger partial charge in [-0.3, -0.25) is 0 Å². The molecule has 3 N–H and O–H groups in total. The van der Waals surface area contributed by atoms with Crippen molar-refractivity contribution in [2.24, 2.45) is 0 Å². The topological polar surface area (TPSA) is 69.9 Å². The van der Waals surface area contributed by atoms with Crippen LogP contribution in [-0.4, -0.2) is 15.3 Å². The van der Waals surface area contributed by atoms with E-state index in [0.29, 0.717) is 0 Å². The first-order valence-electron chi connectivity index (χ1n) is 18.8. The second-order valence-corrected chi connectivity index (χ2v) is 18.6. The Morgan fingerprint density at radius 1 is 0.339 bits per heavy atom. The number of aromatic hydroxyl groups is 3. The molecule has 0 aliphatic rings. The molecule has 0 radical (unpaired) electrons. The molecule has 276 valence electrons. The standard InChI is InChI=1S/C51H43O4P/c1-37-17-35-49(36-18-37)56(46-11-5-2-6-12-46,47-13-7-3-8-14-47,48-15-9-4-10-16-48)55-45-33-25-41(26-34-45)51(40-23-31-44(54)32-24-40)50(38-19-27-42(52)28-20-38)39-21-29-43(53)30-22-39/h2-36,50-54H,1H3. The molecular weight excluding hydrogens is 708 g/mol. The van der Waals surface area contributed by atoms with E-state index in [0.717, 1.165) is 49.2 Å². The number of phenols is 3. The molecule has 0 aliphatic carbocycles. The third-order valence-corrected chi connectivity index (χ3v) is 16.6. The van der Waals surface area contributed by atoms with Crippen LogP contribution in [0.15, 0.2) is 212 Å². The Labute approximate surface area is 328 Å². The van der Waals surface area contributed by atoms with Crippen molar-refractivity contribution in [2.45, 2.75) is 18.8 Å². The first kappa shape index (κ1) is 36.4. The number of rotatable bonds is 11. The second kappa shape index (κ2) is 15.3. The minimum atomic E-state index is -3.98. The summed E-state index contributed by atoms with van der Waals surface area (Å²) >= 11 is 0. The first-order chi connectivity index (χ1) is 27.3. The summed E-state index contributed by atoms with van der Waals surface area (Å²) in [5, 5.41) is 35.2. The zero-order valence-electron chi connectivity index (χ0n) is 31.1. The summed E-state index contributed by atoms with van der Waals surface area (Å²) in [4.78, 5) is 0. The molecule has 0 aliphatic heterocycles. The zero-order chi connectivity index (χ0) is 38.6. The van der Waals surface area contributed by atoms with Crippen LogP contribution in [0.5, 0.6) is 23.0 Å². The Morgan fingerprint density at radius 3 is 0.946 bits per heavy atom. The van der Waals surface area contributed by atoms with E-state index < -0.39 is 6.83 Å². The van der Waals surface area contributed by atoms with E-state index in [-0.39, 0.29) is 29.1 Å². The van der Waals surface area contributed by atoms with Gasteiger partial charge in [-0.1, -0.05) is 0 Å². The molecule has 0 bridgehead atoms. The number of hydrogen-bond acceptors (Lipinski definition) is 4. The molecule has 0 heterocycles. The van der Waals surface area contributed by atoms with Crippen LogP contribution in [0.4, 0.5) is 0 Å². The van der Waals surface area contributed by atoms with Crippen LogP contribution in [0.3, 0.4) is 0 Å². The van der Waals surface area contributed by atoms with E-state index in [1.165, 1.54) is 5.56 Å². The quantitative estimate of drug-likeness (QED) is 0.115. The van der Waals surface area contributed by atoms with Crippen molar-refractivity contribution < 1.29 is 19.8 Å². The van der Waals surface area contributed by atoms with Crippen molar-refractivity contribution in [2.75, 3.05) is 0 Å². The van der Waals surface area contributed by atoms with E-state index >= 15 is 0 Å². The summed E-state index contributed by atoms with van der Waals surface area (Å²) in [6, 6.07) is 71.2. The number of hydrogen-bond donors (Lipinski definition) is 3. The number of aryl methyl sites for hydroxylation is 1. The zero-order valence-corrected chi connectivity index (χ0v) is 32.0. The molecule has 0 fully saturated rings. The van der Waals surface area contributed by atoms with Gasteiger partial charge in [0.25, 0.3) is 0 Å². The van der Waals surface area contributed by atoms with E-state index in [2.05, 4.69) is 146 Å². The van der Waals surface area contributed by atoms with Crippen molar-refractivity contribution >= 4 is 28.0 Å². The fraction of sp³-hybridized carbons (Fsp3) is 0.0588. The molecule has 0 amide bonds. The van der Waals surface area contributed by atoms with Gasteiger partial charge >= 0.3 is 330 Å². The van der Waals surface area contributed by atoms with E-state index in [4.69, 9.17) is 4.52 Å². The number of phenolic OH excluding ortho intramolecular Hbond substituents is 3. The maximum atomic E-state index is 10.3. The fourth-order valence-corrected chi connectivity index (χ4v) is 13.9. The van der Waals surface area contributed by atoms with Gasteiger partial charge in [0.05, 0.1) is 0 Å². The van der Waals surface area contributed by atoms with Gasteiger partial charge in [-0.25, -0.2) is 0 Å². The normalized spacial score (nSPS) is 12.7. The Hall–Kier alpha value is -6.61. The third kappa shape index (κ3) is 6.49. The van der Waals surface area contributed by atoms with Crippen molar-refractivity contribution in [3.05, 3.63) is 240 Å². The van der Waals surface area contributed by atoms with Crippen molar-refractivity contribution in [1.29, 1.82) is 0 Å². The van der Waals surface area contributed by atoms with Crippen molar-refractivity contribution in [1.82, 2.24) is 0 Å². The van der Waals surface area contributed by atoms with E-state index in [1.54, 1.807) is 36.4 Å². The summed E-state index contributed by atoms with van der Waals surface area (Å²) in [7, 11) is 0. The monoisotopic (exact) mass is 750 g/mol. The molecule has 8 rings (SSSR count). The third-order valence-electron chi connectivity index (χ3n) is 10.9. The summed E-state index contributed by atoms with van der Waals surface area (Å²) < 4.78 is 7.93. The van der Waals surface area contributed by atoms with Crippen molar-refractivity contribution in [3.8, 4) is 23.0 Å². The molecule has 5 heteroatoms. The van der Waals surface area contributed by atoms with E-state index in [9.17, 15) is 15.3 Å². The summed E-state index contributed by atoms with van der Waals surface area (Å²) in [6.07, 6.45) is 0. The van der Waals surface area contributed by atoms with Gasteiger partial charge in [-0.2, -0.15) is 0 Å². The van der Waals surface area contributed by atoms with Gasteiger partial charge in [-0.05, 0) is 0 Å². The van der Waals surface area contributed by atoms with Crippen LogP contribution in [0.25, 0.3) is 0 Å². The van der Waals surface area contributed by atoms with Crippen molar-refractivity contribution in [3.63, 3.8) is 0 Å². The Morgan fingerprint density at radius 2 is 0.625 bits per heavy atom. The summed E-state index contributed by atoms with van der Waals surface area (Å²) in [5.74, 6) is 0.851. The van der Waals surface area contributed by atoms with Gasteiger partial charge in [0.2, 0.25) is 0 Å². The fourth-order valence-electron chi connectivity index (χ4n) is 8.22. The molecule has 56 heavy (non-hydrogen) atoms. The Bertz CT molecular complexity index is 2360. The molecule has 0 spiro atoms. The van der Waals surface area contributed by atoms with Gasteiger partial charge < -0.3 is 0 Å². The van der Waals surface area contributed by atoms with Crippen LogP contribution < -0.4 is 25.7 Å². The summed E-state index contributed by atoms with van der Waals surface area (Å²) in [5.41, 5.74) is 5.19. The molecule has 0 saturated carbocycles. The Balaban J connectivity index is 1.36. The second-order valence-electron chi connectivity index (χ2n) is 14.3. The molecule has 0 aromatic heterocycles. The Kier molecular flexibility index (Phi) is 9.91. The SMILES string of the molecule is Cc1ccc(P(Oc2ccc(C(c3ccc(O)cc3)C(c3ccc(O)cc3)c3ccc(O)cc3)cc2)(c2ccccc2)(c2ccccc2)c2ccccc2)cc1. The average molecular weight is 751 g/mol. The van der Waals surface area contributed by atoms with Crippen LogP contribution in [0.1, 0.15) is 39.7 Å². The molecule has 8 aromatic carbocycles. The van der Waals surface area contributed by atoms with Crippen LogP contribution in [0, 0.1) is 6.92 Å². The van der Waals surface area contributed by atoms with Gasteiger partial charge in [0, 0.05) is 0 Å². The van der Waals surface area contributed by atoms with Gasteiger partial charge in [0.1, 0.15) is 0 Å². The average Bonchev–Trinajstić information content (AvgIpc) is 3.25. The number of benzene rings is 8. The van der Waals surface area contributed by atoms with Crippen LogP contribution >= 0.6 is 6.83 Å². The first-order valence-corrected chi connectivity index (χ1v) is 20.9. The minimum absolute atomic E-state index is 0.186. The molecule has 1 unspecified atom stereocenters. The predicted molar refractivity (Wildman–Crippen MR) is 231 cm³/mol. The predicted octanol–water partition coefficient (Wildman–Crippen LogP) is 10.2. The molecule has 4 nitrogen and oxygen atoms in total. The molecule has 0 saturated heterocycles. The van der Waals surface area contributed by atoms with Gasteiger partial charge in [0.15, 0.2) is 0 Å². The van der Waals surface area contributed by atoms with Gasteiger partial charge in [-0.15, -0.1) is 0 Å². The molecule has 1 atom stereocenters. The summed E-state index contributed by atoms with van der Waals surface area (Å²) in [6.45, 7) is -1.87. The molecule has 8 aromatic rings. The maximum absolute atomic E-state index is 10.3. The van der Waals surface area contributed by atoms with Crippen LogP contribution in [-0.2, 0) is 0 Å². The van der Waals surface area contributed by atoms with E-state index in [1.807, 2.05) is 36.4 Å². The molecular formula is C51H43O4P. The van der Waals surface area contributed by atoms with Crippen LogP contribution in [0.2, 0.25) is 0 Å².